The fraction of sp³-hybridized carbons (Fsp3) is 0.222. The minimum atomic E-state index is -0.269. The normalized spacial score (nSPS) is 11.6. The largest absolute Gasteiger partial charge is 0.355 e. The molecular formula is C18H21FN3O2+. The van der Waals surface area contributed by atoms with Gasteiger partial charge < -0.3 is 15.5 Å². The summed E-state index contributed by atoms with van der Waals surface area (Å²) in [5.74, 6) is -0.562. The van der Waals surface area contributed by atoms with Gasteiger partial charge in [0.05, 0.1) is 7.05 Å². The van der Waals surface area contributed by atoms with Crippen LogP contribution in [0.5, 0.6) is 0 Å². The predicted molar refractivity (Wildman–Crippen MR) is 90.3 cm³/mol. The molecule has 0 fully saturated rings. The molecule has 2 aromatic carbocycles. The molecule has 5 nitrogen and oxygen atoms in total. The summed E-state index contributed by atoms with van der Waals surface area (Å²) in [7, 11) is 3.47. The van der Waals surface area contributed by atoms with Gasteiger partial charge in [0, 0.05) is 23.9 Å². The lowest BCUT2D eigenvalue weighted by molar-refractivity contribution is -0.885. The van der Waals surface area contributed by atoms with Crippen LogP contribution in [0.25, 0.3) is 0 Å². The number of anilines is 1. The molecule has 0 bridgehead atoms. The van der Waals surface area contributed by atoms with Gasteiger partial charge in [-0.25, -0.2) is 4.39 Å². The third-order valence-electron chi connectivity index (χ3n) is 3.54. The van der Waals surface area contributed by atoms with Crippen molar-refractivity contribution in [3.05, 3.63) is 65.5 Å². The number of rotatable bonds is 6. The van der Waals surface area contributed by atoms with Crippen LogP contribution in [0.3, 0.4) is 0 Å². The summed E-state index contributed by atoms with van der Waals surface area (Å²) in [6.45, 7) is 0.915. The van der Waals surface area contributed by atoms with Gasteiger partial charge in [-0.1, -0.05) is 12.1 Å². The standard InChI is InChI=1S/C18H20FN3O2/c1-20-18(24)14-5-9-16(10-6-14)21-17(23)12-22(2)11-13-3-7-15(19)8-4-13/h3-10H,11-12H2,1-2H3,(H,20,24)(H,21,23)/p+1. The lowest BCUT2D eigenvalue weighted by atomic mass is 10.2. The number of likely N-dealkylation sites (N-methyl/N-ethyl adjacent to an activating group) is 1. The Balaban J connectivity index is 1.85. The van der Waals surface area contributed by atoms with Crippen molar-refractivity contribution in [2.75, 3.05) is 26.0 Å². The van der Waals surface area contributed by atoms with Gasteiger partial charge in [0.25, 0.3) is 11.8 Å². The van der Waals surface area contributed by atoms with E-state index in [1.54, 1.807) is 43.4 Å². The van der Waals surface area contributed by atoms with E-state index in [-0.39, 0.29) is 24.2 Å². The molecule has 0 aliphatic heterocycles. The second kappa shape index (κ2) is 8.21. The zero-order valence-corrected chi connectivity index (χ0v) is 13.7. The molecule has 0 radical (unpaired) electrons. The number of benzene rings is 2. The molecule has 1 unspecified atom stereocenters. The summed E-state index contributed by atoms with van der Waals surface area (Å²) >= 11 is 0. The maximum absolute atomic E-state index is 12.9. The Morgan fingerprint density at radius 1 is 1.04 bits per heavy atom. The molecule has 0 aliphatic carbocycles. The molecule has 24 heavy (non-hydrogen) atoms. The average molecular weight is 330 g/mol. The maximum atomic E-state index is 12.9. The van der Waals surface area contributed by atoms with Crippen LogP contribution < -0.4 is 15.5 Å². The number of hydrogen-bond donors (Lipinski definition) is 3. The zero-order valence-electron chi connectivity index (χ0n) is 13.7. The first-order valence-electron chi connectivity index (χ1n) is 7.65. The highest BCUT2D eigenvalue weighted by Gasteiger charge is 2.11. The minimum absolute atomic E-state index is 0.123. The molecule has 6 heteroatoms. The Hall–Kier alpha value is -2.73. The predicted octanol–water partition coefficient (Wildman–Crippen LogP) is 0.839. The molecule has 0 saturated heterocycles. The number of quaternary nitrogens is 1. The van der Waals surface area contributed by atoms with Crippen LogP contribution in [0.15, 0.2) is 48.5 Å². The van der Waals surface area contributed by atoms with Gasteiger partial charge in [0.2, 0.25) is 0 Å². The van der Waals surface area contributed by atoms with Crippen molar-refractivity contribution in [3.8, 4) is 0 Å². The Kier molecular flexibility index (Phi) is 6.03. The smallest absolute Gasteiger partial charge is 0.279 e. The maximum Gasteiger partial charge on any atom is 0.279 e. The van der Waals surface area contributed by atoms with Crippen molar-refractivity contribution >= 4 is 17.5 Å². The molecule has 0 heterocycles. The highest BCUT2D eigenvalue weighted by molar-refractivity contribution is 5.95. The van der Waals surface area contributed by atoms with E-state index in [1.807, 2.05) is 7.05 Å². The summed E-state index contributed by atoms with van der Waals surface area (Å²) in [6.07, 6.45) is 0. The fourth-order valence-electron chi connectivity index (χ4n) is 2.34. The number of halogens is 1. The molecule has 0 aromatic heterocycles. The van der Waals surface area contributed by atoms with Gasteiger partial charge in [-0.2, -0.15) is 0 Å². The van der Waals surface area contributed by atoms with Crippen LogP contribution in [0.4, 0.5) is 10.1 Å². The Morgan fingerprint density at radius 2 is 1.67 bits per heavy atom. The van der Waals surface area contributed by atoms with Crippen molar-refractivity contribution in [1.29, 1.82) is 0 Å². The van der Waals surface area contributed by atoms with Crippen LogP contribution in [-0.4, -0.2) is 32.5 Å². The van der Waals surface area contributed by atoms with Crippen molar-refractivity contribution in [2.45, 2.75) is 6.54 Å². The second-order valence-electron chi connectivity index (χ2n) is 5.64. The van der Waals surface area contributed by atoms with E-state index in [9.17, 15) is 14.0 Å². The van der Waals surface area contributed by atoms with Crippen molar-refractivity contribution < 1.29 is 18.9 Å². The second-order valence-corrected chi connectivity index (χ2v) is 5.64. The lowest BCUT2D eigenvalue weighted by Gasteiger charge is -2.14. The lowest BCUT2D eigenvalue weighted by Crippen LogP contribution is -3.08. The third-order valence-corrected chi connectivity index (χ3v) is 3.54. The van der Waals surface area contributed by atoms with E-state index < -0.39 is 0 Å². The molecule has 0 spiro atoms. The van der Waals surface area contributed by atoms with Crippen LogP contribution in [-0.2, 0) is 11.3 Å². The quantitative estimate of drug-likeness (QED) is 0.735. The van der Waals surface area contributed by atoms with Crippen LogP contribution in [0.1, 0.15) is 15.9 Å². The van der Waals surface area contributed by atoms with Crippen LogP contribution in [0.2, 0.25) is 0 Å². The van der Waals surface area contributed by atoms with E-state index >= 15 is 0 Å². The van der Waals surface area contributed by atoms with Gasteiger partial charge in [-0.15, -0.1) is 0 Å². The molecule has 0 saturated carbocycles. The zero-order chi connectivity index (χ0) is 17.5. The van der Waals surface area contributed by atoms with Crippen molar-refractivity contribution in [3.63, 3.8) is 0 Å². The van der Waals surface area contributed by atoms with E-state index in [0.29, 0.717) is 17.8 Å². The van der Waals surface area contributed by atoms with E-state index in [0.717, 1.165) is 10.5 Å². The Morgan fingerprint density at radius 3 is 2.25 bits per heavy atom. The van der Waals surface area contributed by atoms with Crippen LogP contribution in [0, 0.1) is 5.82 Å². The molecule has 0 aliphatic rings. The molecular weight excluding hydrogens is 309 g/mol. The van der Waals surface area contributed by atoms with Gasteiger partial charge >= 0.3 is 0 Å². The van der Waals surface area contributed by atoms with Crippen molar-refractivity contribution in [2.24, 2.45) is 0 Å². The van der Waals surface area contributed by atoms with Gasteiger partial charge in [0.1, 0.15) is 12.4 Å². The first-order chi connectivity index (χ1) is 11.5. The first-order valence-corrected chi connectivity index (χ1v) is 7.65. The third kappa shape index (κ3) is 5.17. The summed E-state index contributed by atoms with van der Waals surface area (Å²) < 4.78 is 12.9. The number of carbonyl (C=O) groups is 2. The highest BCUT2D eigenvalue weighted by Crippen LogP contribution is 2.09. The van der Waals surface area contributed by atoms with Crippen LogP contribution >= 0.6 is 0 Å². The fourth-order valence-corrected chi connectivity index (χ4v) is 2.34. The number of amides is 2. The number of hydrogen-bond acceptors (Lipinski definition) is 2. The van der Waals surface area contributed by atoms with Gasteiger partial charge in [0.15, 0.2) is 6.54 Å². The molecule has 2 amide bonds. The minimum Gasteiger partial charge on any atom is -0.355 e. The SMILES string of the molecule is CNC(=O)c1ccc(NC(=O)C[NH+](C)Cc2ccc(F)cc2)cc1. The summed E-state index contributed by atoms with van der Waals surface area (Å²) in [6, 6.07) is 13.0. The van der Waals surface area contributed by atoms with Crippen molar-refractivity contribution in [1.82, 2.24) is 5.32 Å². The molecule has 2 rings (SSSR count). The molecule has 2 aromatic rings. The molecule has 1 atom stereocenters. The van der Waals surface area contributed by atoms with E-state index in [4.69, 9.17) is 0 Å². The Labute approximate surface area is 140 Å². The van der Waals surface area contributed by atoms with E-state index in [2.05, 4.69) is 10.6 Å². The number of nitrogens with one attached hydrogen (secondary N) is 3. The highest BCUT2D eigenvalue weighted by atomic mass is 19.1. The summed E-state index contributed by atoms with van der Waals surface area (Å²) in [5.41, 5.74) is 2.15. The molecule has 3 N–H and O–H groups in total. The monoisotopic (exact) mass is 330 g/mol. The Bertz CT molecular complexity index is 699. The summed E-state index contributed by atoms with van der Waals surface area (Å²) in [5, 5.41) is 5.34. The van der Waals surface area contributed by atoms with Gasteiger partial charge in [-0.05, 0) is 36.4 Å². The molecule has 126 valence electrons. The van der Waals surface area contributed by atoms with E-state index in [1.165, 1.54) is 12.1 Å². The first kappa shape index (κ1) is 17.6. The average Bonchev–Trinajstić information content (AvgIpc) is 2.56. The topological polar surface area (TPSA) is 62.6 Å². The summed E-state index contributed by atoms with van der Waals surface area (Å²) in [4.78, 5) is 24.5. The number of carbonyl (C=O) groups excluding carboxylic acids is 2. The van der Waals surface area contributed by atoms with Gasteiger partial charge in [-0.3, -0.25) is 9.59 Å².